The first-order valence-corrected chi connectivity index (χ1v) is 11.9. The molecule has 6 heteroatoms. The third kappa shape index (κ3) is 5.38. The van der Waals surface area contributed by atoms with Gasteiger partial charge in [-0.1, -0.05) is 43.4 Å². The van der Waals surface area contributed by atoms with Crippen LogP contribution >= 0.6 is 23.1 Å². The van der Waals surface area contributed by atoms with Gasteiger partial charge >= 0.3 is 0 Å². The van der Waals surface area contributed by atoms with Crippen molar-refractivity contribution in [3.05, 3.63) is 53.6 Å². The van der Waals surface area contributed by atoms with Crippen LogP contribution in [0.4, 0.5) is 5.13 Å². The maximum atomic E-state index is 13.5. The first kappa shape index (κ1) is 21.8. The fourth-order valence-electron chi connectivity index (χ4n) is 3.27. The highest BCUT2D eigenvalue weighted by Gasteiger charge is 2.22. The first-order chi connectivity index (χ1) is 14.0. The van der Waals surface area contributed by atoms with Crippen molar-refractivity contribution in [2.75, 3.05) is 37.8 Å². The van der Waals surface area contributed by atoms with Gasteiger partial charge in [-0.15, -0.1) is 11.8 Å². The van der Waals surface area contributed by atoms with Crippen molar-refractivity contribution in [2.24, 2.45) is 0 Å². The number of thioether (sulfide) groups is 1. The molecule has 1 aromatic heterocycles. The summed E-state index contributed by atoms with van der Waals surface area (Å²) in [5.74, 6) is 1.02. The molecule has 4 nitrogen and oxygen atoms in total. The van der Waals surface area contributed by atoms with Gasteiger partial charge in [-0.25, -0.2) is 4.98 Å². The van der Waals surface area contributed by atoms with Gasteiger partial charge in [-0.2, -0.15) is 0 Å². The number of thiazole rings is 1. The Balaban J connectivity index is 1.96. The van der Waals surface area contributed by atoms with Crippen molar-refractivity contribution in [3.8, 4) is 0 Å². The summed E-state index contributed by atoms with van der Waals surface area (Å²) in [5.41, 5.74) is 2.98. The van der Waals surface area contributed by atoms with Gasteiger partial charge in [0.2, 0.25) is 0 Å². The predicted molar refractivity (Wildman–Crippen MR) is 127 cm³/mol. The smallest absolute Gasteiger partial charge is 0.260 e. The summed E-state index contributed by atoms with van der Waals surface area (Å²) in [6.07, 6.45) is 1.84. The zero-order chi connectivity index (χ0) is 20.8. The summed E-state index contributed by atoms with van der Waals surface area (Å²) in [6, 6.07) is 14.2. The first-order valence-electron chi connectivity index (χ1n) is 10.1. The second-order valence-electron chi connectivity index (χ2n) is 7.19. The molecular weight excluding hydrogens is 398 g/mol. The summed E-state index contributed by atoms with van der Waals surface area (Å²) >= 11 is 3.36. The van der Waals surface area contributed by atoms with E-state index in [4.69, 9.17) is 4.98 Å². The summed E-state index contributed by atoms with van der Waals surface area (Å²) in [6.45, 7) is 5.86. The van der Waals surface area contributed by atoms with E-state index >= 15 is 0 Å². The molecule has 3 aromatic rings. The molecule has 0 N–H and O–H groups in total. The Morgan fingerprint density at radius 2 is 1.90 bits per heavy atom. The predicted octanol–water partition coefficient (Wildman–Crippen LogP) is 5.57. The molecule has 0 saturated heterocycles. The number of nitrogens with zero attached hydrogens (tertiary/aromatic N) is 3. The Morgan fingerprint density at radius 3 is 2.62 bits per heavy atom. The van der Waals surface area contributed by atoms with Crippen LogP contribution < -0.4 is 4.90 Å². The second kappa shape index (κ2) is 10.2. The summed E-state index contributed by atoms with van der Waals surface area (Å²) < 4.78 is 1.14. The highest BCUT2D eigenvalue weighted by atomic mass is 32.2. The molecule has 3 rings (SSSR count). The monoisotopic (exact) mass is 427 g/mol. The lowest BCUT2D eigenvalue weighted by molar-refractivity contribution is 0.0986. The largest absolute Gasteiger partial charge is 0.309 e. The van der Waals surface area contributed by atoms with Gasteiger partial charge in [0, 0.05) is 17.0 Å². The topological polar surface area (TPSA) is 36.4 Å². The maximum absolute atomic E-state index is 13.5. The molecule has 1 amide bonds. The van der Waals surface area contributed by atoms with Crippen molar-refractivity contribution in [3.63, 3.8) is 0 Å². The molecule has 0 aliphatic heterocycles. The highest BCUT2D eigenvalue weighted by molar-refractivity contribution is 7.99. The summed E-state index contributed by atoms with van der Waals surface area (Å²) in [7, 11) is 4.12. The third-order valence-corrected chi connectivity index (χ3v) is 6.65. The van der Waals surface area contributed by atoms with Crippen LogP contribution in [0.1, 0.15) is 36.2 Å². The summed E-state index contributed by atoms with van der Waals surface area (Å²) in [5, 5.41) is 0.790. The van der Waals surface area contributed by atoms with Gasteiger partial charge in [-0.3, -0.25) is 9.69 Å². The SMILES string of the molecule is CCSc1cccc(C(=O)N(CCCN(C)C)c2nc3c(CC)cccc3s2)c1. The molecule has 0 aliphatic carbocycles. The van der Waals surface area contributed by atoms with Crippen LogP contribution in [0.3, 0.4) is 0 Å². The van der Waals surface area contributed by atoms with Crippen LogP contribution in [0.15, 0.2) is 47.4 Å². The van der Waals surface area contributed by atoms with Crippen LogP contribution in [0.25, 0.3) is 10.2 Å². The molecule has 1 heterocycles. The van der Waals surface area contributed by atoms with E-state index in [9.17, 15) is 4.79 Å². The lowest BCUT2D eigenvalue weighted by Gasteiger charge is -2.21. The molecule has 29 heavy (non-hydrogen) atoms. The van der Waals surface area contributed by atoms with Gasteiger partial charge < -0.3 is 4.90 Å². The fraction of sp³-hybridized carbons (Fsp3) is 0.391. The average molecular weight is 428 g/mol. The fourth-order valence-corrected chi connectivity index (χ4v) is 5.02. The number of para-hydroxylation sites is 1. The van der Waals surface area contributed by atoms with Crippen molar-refractivity contribution in [2.45, 2.75) is 31.6 Å². The number of aromatic nitrogens is 1. The van der Waals surface area contributed by atoms with Crippen molar-refractivity contribution < 1.29 is 4.79 Å². The van der Waals surface area contributed by atoms with Crippen molar-refractivity contribution in [1.29, 1.82) is 0 Å². The molecule has 0 atom stereocenters. The normalized spacial score (nSPS) is 11.3. The molecular formula is C23H29N3OS2. The minimum atomic E-state index is 0.0272. The second-order valence-corrected chi connectivity index (χ2v) is 9.53. The zero-order valence-electron chi connectivity index (χ0n) is 17.6. The maximum Gasteiger partial charge on any atom is 0.260 e. The van der Waals surface area contributed by atoms with E-state index in [-0.39, 0.29) is 5.91 Å². The Morgan fingerprint density at radius 1 is 1.10 bits per heavy atom. The van der Waals surface area contributed by atoms with E-state index in [1.807, 2.05) is 23.1 Å². The van der Waals surface area contributed by atoms with E-state index in [1.54, 1.807) is 23.1 Å². The van der Waals surface area contributed by atoms with E-state index in [0.29, 0.717) is 6.54 Å². The lowest BCUT2D eigenvalue weighted by Crippen LogP contribution is -2.33. The molecule has 0 saturated carbocycles. The number of carbonyl (C=O) groups is 1. The van der Waals surface area contributed by atoms with E-state index in [0.717, 1.165) is 50.9 Å². The van der Waals surface area contributed by atoms with Gasteiger partial charge in [0.15, 0.2) is 5.13 Å². The van der Waals surface area contributed by atoms with Crippen LogP contribution in [0.5, 0.6) is 0 Å². The number of anilines is 1. The van der Waals surface area contributed by atoms with Crippen LogP contribution in [0, 0.1) is 0 Å². The zero-order valence-corrected chi connectivity index (χ0v) is 19.3. The number of hydrogen-bond donors (Lipinski definition) is 0. The van der Waals surface area contributed by atoms with Gasteiger partial charge in [0.25, 0.3) is 5.91 Å². The van der Waals surface area contributed by atoms with Crippen LogP contribution in [-0.2, 0) is 6.42 Å². The molecule has 0 spiro atoms. The minimum absolute atomic E-state index is 0.0272. The van der Waals surface area contributed by atoms with Crippen molar-refractivity contribution >= 4 is 44.4 Å². The van der Waals surface area contributed by atoms with Crippen LogP contribution in [-0.4, -0.2) is 48.7 Å². The van der Waals surface area contributed by atoms with Gasteiger partial charge in [-0.05, 0) is 69.1 Å². The Bertz CT molecular complexity index is 968. The number of hydrogen-bond acceptors (Lipinski definition) is 5. The lowest BCUT2D eigenvalue weighted by atomic mass is 10.1. The number of rotatable bonds is 9. The van der Waals surface area contributed by atoms with Gasteiger partial charge in [0.1, 0.15) is 0 Å². The number of benzene rings is 2. The molecule has 154 valence electrons. The van der Waals surface area contributed by atoms with Crippen molar-refractivity contribution in [1.82, 2.24) is 9.88 Å². The number of aryl methyl sites for hydroxylation is 1. The van der Waals surface area contributed by atoms with E-state index < -0.39 is 0 Å². The molecule has 0 fully saturated rings. The molecule has 0 unspecified atom stereocenters. The quantitative estimate of drug-likeness (QED) is 0.418. The molecule has 2 aromatic carbocycles. The molecule has 0 radical (unpaired) electrons. The summed E-state index contributed by atoms with van der Waals surface area (Å²) in [4.78, 5) is 23.5. The Kier molecular flexibility index (Phi) is 7.70. The number of carbonyl (C=O) groups excluding carboxylic acids is 1. The molecule has 0 aliphatic rings. The average Bonchev–Trinajstić information content (AvgIpc) is 3.15. The highest BCUT2D eigenvalue weighted by Crippen LogP contribution is 2.32. The Labute approximate surface area is 181 Å². The molecule has 0 bridgehead atoms. The Hall–Kier alpha value is -1.89. The van der Waals surface area contributed by atoms with E-state index in [1.165, 1.54) is 5.56 Å². The minimum Gasteiger partial charge on any atom is -0.309 e. The number of fused-ring (bicyclic) bond motifs is 1. The standard InChI is InChI=1S/C23H29N3OS2/c1-5-17-10-8-13-20-21(17)24-23(29-20)26(15-9-14-25(3)4)22(27)18-11-7-12-19(16-18)28-6-2/h7-8,10-13,16H,5-6,9,14-15H2,1-4H3. The third-order valence-electron chi connectivity index (χ3n) is 4.73. The van der Waals surface area contributed by atoms with Gasteiger partial charge in [0.05, 0.1) is 10.2 Å². The van der Waals surface area contributed by atoms with E-state index in [2.05, 4.69) is 57.1 Å². The number of amides is 1. The van der Waals surface area contributed by atoms with Crippen LogP contribution in [0.2, 0.25) is 0 Å².